The molecule has 3 rings (SSSR count). The molecule has 1 heterocycles. The van der Waals surface area contributed by atoms with Gasteiger partial charge in [0, 0.05) is 35.9 Å². The molecule has 0 saturated carbocycles. The number of fused-ring (bicyclic) bond motifs is 1. The molecule has 4 nitrogen and oxygen atoms in total. The largest absolute Gasteiger partial charge is 0.338 e. The Morgan fingerprint density at radius 1 is 1.36 bits per heavy atom. The summed E-state index contributed by atoms with van der Waals surface area (Å²) >= 11 is 0. The zero-order valence-electron chi connectivity index (χ0n) is 15.3. The second kappa shape index (κ2) is 6.43. The predicted octanol–water partition coefficient (Wildman–Crippen LogP) is 3.87. The summed E-state index contributed by atoms with van der Waals surface area (Å²) < 4.78 is 0. The van der Waals surface area contributed by atoms with Crippen molar-refractivity contribution in [3.8, 4) is 0 Å². The van der Waals surface area contributed by atoms with Crippen LogP contribution < -0.4 is 0 Å². The molecule has 1 aliphatic carbocycles. The predicted molar refractivity (Wildman–Crippen MR) is 100 cm³/mol. The highest BCUT2D eigenvalue weighted by Crippen LogP contribution is 2.40. The minimum Gasteiger partial charge on any atom is -0.338 e. The Morgan fingerprint density at radius 2 is 2.12 bits per heavy atom. The van der Waals surface area contributed by atoms with E-state index < -0.39 is 0 Å². The lowest BCUT2D eigenvalue weighted by Crippen LogP contribution is -2.29. The molecule has 1 aromatic carbocycles. The Balaban J connectivity index is 1.81. The Morgan fingerprint density at radius 3 is 2.84 bits per heavy atom. The van der Waals surface area contributed by atoms with E-state index in [1.165, 1.54) is 5.56 Å². The first kappa shape index (κ1) is 17.3. The number of aliphatic imine (C=N–C) groups is 1. The van der Waals surface area contributed by atoms with E-state index in [4.69, 9.17) is 0 Å². The fourth-order valence-electron chi connectivity index (χ4n) is 3.39. The fourth-order valence-corrected chi connectivity index (χ4v) is 3.39. The van der Waals surface area contributed by atoms with Gasteiger partial charge < -0.3 is 4.90 Å². The van der Waals surface area contributed by atoms with Gasteiger partial charge in [0.25, 0.3) is 5.91 Å². The molecular formula is C21H24N2O2. The number of amides is 1. The van der Waals surface area contributed by atoms with Crippen LogP contribution in [-0.4, -0.2) is 29.9 Å². The summed E-state index contributed by atoms with van der Waals surface area (Å²) in [6.07, 6.45) is 5.88. The van der Waals surface area contributed by atoms with Crippen LogP contribution in [0.2, 0.25) is 0 Å². The summed E-state index contributed by atoms with van der Waals surface area (Å²) in [5.74, 6) is -0.0707. The van der Waals surface area contributed by atoms with Gasteiger partial charge in [-0.2, -0.15) is 0 Å². The second-order valence-electron chi connectivity index (χ2n) is 7.33. The molecule has 0 atom stereocenters. The van der Waals surface area contributed by atoms with E-state index in [2.05, 4.69) is 31.8 Å². The number of aldehydes is 1. The number of hydrogen-bond donors (Lipinski definition) is 0. The Bertz CT molecular complexity index is 828. The van der Waals surface area contributed by atoms with Crippen molar-refractivity contribution in [2.24, 2.45) is 4.99 Å². The van der Waals surface area contributed by atoms with Crippen molar-refractivity contribution < 1.29 is 9.59 Å². The Hall–Kier alpha value is -2.49. The van der Waals surface area contributed by atoms with Crippen LogP contribution in [0.25, 0.3) is 0 Å². The van der Waals surface area contributed by atoms with E-state index >= 15 is 0 Å². The monoisotopic (exact) mass is 336 g/mol. The third-order valence-corrected chi connectivity index (χ3v) is 5.29. The summed E-state index contributed by atoms with van der Waals surface area (Å²) in [6, 6.07) is 6.20. The topological polar surface area (TPSA) is 49.7 Å². The number of benzene rings is 1. The first-order valence-electron chi connectivity index (χ1n) is 8.64. The van der Waals surface area contributed by atoms with Gasteiger partial charge in [0.1, 0.15) is 0 Å². The summed E-state index contributed by atoms with van der Waals surface area (Å²) in [5, 5.41) is 0. The summed E-state index contributed by atoms with van der Waals surface area (Å²) in [4.78, 5) is 30.3. The van der Waals surface area contributed by atoms with Gasteiger partial charge in [0.2, 0.25) is 0 Å². The van der Waals surface area contributed by atoms with Crippen LogP contribution in [0.1, 0.15) is 44.7 Å². The molecule has 0 bridgehead atoms. The standard InChI is InChI=1S/C21H24N2O2/c1-14-21(2,3)18-11-15(9-10-19(18)22-14)12-23(4)20(25)17-8-6-5-7-16(17)13-24/h5,7,9-11,13H,6,8,12H2,1-4H3. The van der Waals surface area contributed by atoms with Crippen molar-refractivity contribution in [2.75, 3.05) is 7.05 Å². The lowest BCUT2D eigenvalue weighted by atomic mass is 9.81. The maximum absolute atomic E-state index is 12.7. The van der Waals surface area contributed by atoms with Crippen LogP contribution in [0.15, 0.2) is 46.5 Å². The van der Waals surface area contributed by atoms with E-state index in [9.17, 15) is 9.59 Å². The lowest BCUT2D eigenvalue weighted by Gasteiger charge is -2.23. The summed E-state index contributed by atoms with van der Waals surface area (Å²) in [5.41, 5.74) is 5.45. The van der Waals surface area contributed by atoms with Crippen LogP contribution in [0.3, 0.4) is 0 Å². The molecule has 25 heavy (non-hydrogen) atoms. The van der Waals surface area contributed by atoms with Gasteiger partial charge >= 0.3 is 0 Å². The highest BCUT2D eigenvalue weighted by Gasteiger charge is 2.32. The van der Waals surface area contributed by atoms with Crippen LogP contribution in [0.4, 0.5) is 5.69 Å². The SMILES string of the molecule is CC1=Nc2ccc(CN(C)C(=O)C3=C(C=O)C=CCC3)cc2C1(C)C. The highest BCUT2D eigenvalue weighted by molar-refractivity contribution is 6.01. The third kappa shape index (κ3) is 3.09. The van der Waals surface area contributed by atoms with E-state index in [0.717, 1.165) is 29.7 Å². The van der Waals surface area contributed by atoms with Crippen LogP contribution in [0.5, 0.6) is 0 Å². The number of hydrogen-bond acceptors (Lipinski definition) is 3. The maximum Gasteiger partial charge on any atom is 0.250 e. The van der Waals surface area contributed by atoms with Gasteiger partial charge in [-0.05, 0) is 37.0 Å². The Kier molecular flexibility index (Phi) is 4.46. The first-order valence-corrected chi connectivity index (χ1v) is 8.64. The molecule has 0 saturated heterocycles. The molecule has 1 amide bonds. The number of rotatable bonds is 4. The van der Waals surface area contributed by atoms with Crippen molar-refractivity contribution in [1.29, 1.82) is 0 Å². The zero-order chi connectivity index (χ0) is 18.2. The minimum atomic E-state index is -0.0741. The van der Waals surface area contributed by atoms with Gasteiger partial charge in [-0.3, -0.25) is 14.6 Å². The fraction of sp³-hybridized carbons (Fsp3) is 0.381. The van der Waals surface area contributed by atoms with E-state index in [1.807, 2.05) is 18.2 Å². The maximum atomic E-state index is 12.7. The molecule has 0 fully saturated rings. The minimum absolute atomic E-state index is 0.0707. The van der Waals surface area contributed by atoms with Gasteiger partial charge in [0.05, 0.1) is 5.69 Å². The average molecular weight is 336 g/mol. The van der Waals surface area contributed by atoms with Crippen molar-refractivity contribution >= 4 is 23.6 Å². The molecule has 130 valence electrons. The summed E-state index contributed by atoms with van der Waals surface area (Å²) in [7, 11) is 1.79. The smallest absolute Gasteiger partial charge is 0.250 e. The van der Waals surface area contributed by atoms with Crippen molar-refractivity contribution in [2.45, 2.75) is 45.6 Å². The quantitative estimate of drug-likeness (QED) is 0.784. The molecule has 2 aliphatic rings. The molecule has 0 radical (unpaired) electrons. The number of likely N-dealkylation sites (N-methyl/N-ethyl adjacent to an activating group) is 1. The number of allylic oxidation sites excluding steroid dienone is 3. The van der Waals surface area contributed by atoms with Gasteiger partial charge in [-0.1, -0.05) is 38.1 Å². The van der Waals surface area contributed by atoms with Gasteiger partial charge in [0.15, 0.2) is 6.29 Å². The third-order valence-electron chi connectivity index (χ3n) is 5.29. The first-order chi connectivity index (χ1) is 11.8. The number of carbonyl (C=O) groups excluding carboxylic acids is 2. The Labute approximate surface area is 148 Å². The van der Waals surface area contributed by atoms with Crippen molar-refractivity contribution in [1.82, 2.24) is 4.90 Å². The summed E-state index contributed by atoms with van der Waals surface area (Å²) in [6.45, 7) is 6.91. The highest BCUT2D eigenvalue weighted by atomic mass is 16.2. The second-order valence-corrected chi connectivity index (χ2v) is 7.33. The van der Waals surface area contributed by atoms with E-state index in [-0.39, 0.29) is 11.3 Å². The van der Waals surface area contributed by atoms with Crippen molar-refractivity contribution in [3.05, 3.63) is 52.6 Å². The molecule has 0 aromatic heterocycles. The molecule has 1 aromatic rings. The average Bonchev–Trinajstić information content (AvgIpc) is 2.83. The van der Waals surface area contributed by atoms with Crippen LogP contribution in [-0.2, 0) is 21.5 Å². The molecule has 0 unspecified atom stereocenters. The van der Waals surface area contributed by atoms with Crippen LogP contribution in [0, 0.1) is 0 Å². The van der Waals surface area contributed by atoms with E-state index in [1.54, 1.807) is 18.0 Å². The van der Waals surface area contributed by atoms with Crippen molar-refractivity contribution in [3.63, 3.8) is 0 Å². The zero-order valence-corrected chi connectivity index (χ0v) is 15.3. The number of nitrogens with zero attached hydrogens (tertiary/aromatic N) is 2. The molecular weight excluding hydrogens is 312 g/mol. The molecule has 0 spiro atoms. The number of carbonyl (C=O) groups is 2. The normalized spacial score (nSPS) is 18.0. The van der Waals surface area contributed by atoms with E-state index in [0.29, 0.717) is 24.1 Å². The van der Waals surface area contributed by atoms with Crippen LogP contribution >= 0.6 is 0 Å². The molecule has 0 N–H and O–H groups in total. The molecule has 4 heteroatoms. The lowest BCUT2D eigenvalue weighted by molar-refractivity contribution is -0.126. The molecule has 1 aliphatic heterocycles. The van der Waals surface area contributed by atoms with Gasteiger partial charge in [-0.25, -0.2) is 0 Å². The van der Waals surface area contributed by atoms with Gasteiger partial charge in [-0.15, -0.1) is 0 Å².